The molecule has 0 aromatic carbocycles. The summed E-state index contributed by atoms with van der Waals surface area (Å²) in [7, 11) is 0. The Kier molecular flexibility index (Phi) is 3.67. The predicted octanol–water partition coefficient (Wildman–Crippen LogP) is 3.13. The lowest BCUT2D eigenvalue weighted by Crippen LogP contribution is -2.22. The van der Waals surface area contributed by atoms with Crippen molar-refractivity contribution in [2.75, 3.05) is 11.4 Å². The van der Waals surface area contributed by atoms with Crippen molar-refractivity contribution in [1.29, 1.82) is 0 Å². The van der Waals surface area contributed by atoms with E-state index in [0.717, 1.165) is 36.5 Å². The number of nitrogens with zero attached hydrogens (tertiary/aromatic N) is 5. The fraction of sp³-hybridized carbons (Fsp3) is 0.250. The van der Waals surface area contributed by atoms with Crippen LogP contribution in [0.15, 0.2) is 41.3 Å². The number of hydrogen-bond donors (Lipinski definition) is 0. The van der Waals surface area contributed by atoms with Crippen molar-refractivity contribution < 1.29 is 4.42 Å². The van der Waals surface area contributed by atoms with Crippen molar-refractivity contribution in [3.8, 4) is 11.7 Å². The van der Waals surface area contributed by atoms with E-state index in [2.05, 4.69) is 24.8 Å². The van der Waals surface area contributed by atoms with E-state index >= 15 is 0 Å². The molecule has 0 atom stereocenters. The van der Waals surface area contributed by atoms with Crippen molar-refractivity contribution in [3.63, 3.8) is 0 Å². The average molecular weight is 328 g/mol. The third-order valence-corrected chi connectivity index (χ3v) is 3.97. The molecule has 0 radical (unpaired) electrons. The molecule has 7 heteroatoms. The second-order valence-electron chi connectivity index (χ2n) is 5.35. The zero-order chi connectivity index (χ0) is 15.6. The largest absolute Gasteiger partial charge is 0.438 e. The first kappa shape index (κ1) is 14.1. The number of anilines is 1. The normalized spacial score (nSPS) is 14.4. The Hall–Kier alpha value is -2.47. The Bertz CT molecular complexity index is 820. The van der Waals surface area contributed by atoms with E-state index in [1.54, 1.807) is 24.7 Å². The minimum absolute atomic E-state index is 0.474. The SMILES string of the molecule is Clc1cncc(N2CCCc3oc(-c4ncccn4)nc3C2)c1. The number of hydrogen-bond acceptors (Lipinski definition) is 6. The summed E-state index contributed by atoms with van der Waals surface area (Å²) in [6.45, 7) is 1.57. The van der Waals surface area contributed by atoms with Crippen LogP contribution in [0.1, 0.15) is 17.9 Å². The molecule has 1 aliphatic heterocycles. The molecule has 1 aliphatic rings. The molecule has 0 amide bonds. The molecule has 0 unspecified atom stereocenters. The number of oxazole rings is 1. The number of pyridine rings is 1. The third-order valence-electron chi connectivity index (χ3n) is 3.76. The molecular formula is C16H14ClN5O. The molecule has 4 heterocycles. The number of aryl methyl sites for hydroxylation is 1. The van der Waals surface area contributed by atoms with Crippen molar-refractivity contribution in [2.45, 2.75) is 19.4 Å². The zero-order valence-corrected chi connectivity index (χ0v) is 13.1. The van der Waals surface area contributed by atoms with Gasteiger partial charge in [0.05, 0.1) is 23.5 Å². The topological polar surface area (TPSA) is 67.9 Å². The minimum atomic E-state index is 0.474. The molecule has 116 valence electrons. The predicted molar refractivity (Wildman–Crippen MR) is 86.1 cm³/mol. The van der Waals surface area contributed by atoms with Crippen LogP contribution >= 0.6 is 11.6 Å². The van der Waals surface area contributed by atoms with Crippen LogP contribution in [-0.2, 0) is 13.0 Å². The molecule has 6 nitrogen and oxygen atoms in total. The van der Waals surface area contributed by atoms with Gasteiger partial charge < -0.3 is 9.32 Å². The number of aromatic nitrogens is 4. The van der Waals surface area contributed by atoms with Gasteiger partial charge in [-0.1, -0.05) is 11.6 Å². The van der Waals surface area contributed by atoms with Crippen LogP contribution in [0.2, 0.25) is 5.02 Å². The third kappa shape index (κ3) is 2.90. The summed E-state index contributed by atoms with van der Waals surface area (Å²) in [4.78, 5) is 19.4. The Morgan fingerprint density at radius 2 is 2.04 bits per heavy atom. The highest BCUT2D eigenvalue weighted by atomic mass is 35.5. The summed E-state index contributed by atoms with van der Waals surface area (Å²) in [5.74, 6) is 1.89. The second kappa shape index (κ2) is 5.96. The molecule has 4 rings (SSSR count). The molecular weight excluding hydrogens is 314 g/mol. The Morgan fingerprint density at radius 1 is 1.17 bits per heavy atom. The van der Waals surface area contributed by atoms with E-state index in [1.807, 2.05) is 12.3 Å². The standard InChI is InChI=1S/C16H14ClN5O/c17-11-7-12(9-18-8-11)22-6-1-3-14-13(10-22)21-16(23-14)15-19-4-2-5-20-15/h2,4-5,7-9H,1,3,6,10H2. The summed E-state index contributed by atoms with van der Waals surface area (Å²) in [5, 5.41) is 0.630. The molecule has 0 aliphatic carbocycles. The van der Waals surface area contributed by atoms with E-state index in [-0.39, 0.29) is 0 Å². The van der Waals surface area contributed by atoms with Crippen molar-refractivity contribution in [3.05, 3.63) is 53.4 Å². The zero-order valence-electron chi connectivity index (χ0n) is 12.3. The molecule has 0 bridgehead atoms. The van der Waals surface area contributed by atoms with Crippen LogP contribution in [0.4, 0.5) is 5.69 Å². The molecule has 3 aromatic heterocycles. The molecule has 0 saturated heterocycles. The summed E-state index contributed by atoms with van der Waals surface area (Å²) in [5.41, 5.74) is 1.91. The maximum absolute atomic E-state index is 6.05. The van der Waals surface area contributed by atoms with Gasteiger partial charge >= 0.3 is 0 Å². The molecule has 23 heavy (non-hydrogen) atoms. The summed E-state index contributed by atoms with van der Waals surface area (Å²) in [6.07, 6.45) is 8.64. The fourth-order valence-corrected chi connectivity index (χ4v) is 2.86. The fourth-order valence-electron chi connectivity index (χ4n) is 2.69. The lowest BCUT2D eigenvalue weighted by atomic mass is 10.2. The van der Waals surface area contributed by atoms with E-state index < -0.39 is 0 Å². The first-order chi connectivity index (χ1) is 11.3. The number of rotatable bonds is 2. The van der Waals surface area contributed by atoms with E-state index in [4.69, 9.17) is 16.0 Å². The molecule has 0 spiro atoms. The van der Waals surface area contributed by atoms with Crippen LogP contribution in [0.3, 0.4) is 0 Å². The van der Waals surface area contributed by atoms with Gasteiger partial charge in [0.1, 0.15) is 11.5 Å². The smallest absolute Gasteiger partial charge is 0.265 e. The van der Waals surface area contributed by atoms with Gasteiger partial charge in [-0.15, -0.1) is 0 Å². The van der Waals surface area contributed by atoms with E-state index in [0.29, 0.717) is 23.3 Å². The van der Waals surface area contributed by atoms with Gasteiger partial charge in [0.25, 0.3) is 5.89 Å². The highest BCUT2D eigenvalue weighted by Crippen LogP contribution is 2.27. The Labute approximate surface area is 138 Å². The second-order valence-corrected chi connectivity index (χ2v) is 5.78. The van der Waals surface area contributed by atoms with Crippen molar-refractivity contribution in [1.82, 2.24) is 19.9 Å². The van der Waals surface area contributed by atoms with Gasteiger partial charge in [-0.2, -0.15) is 0 Å². The number of halogens is 1. The average Bonchev–Trinajstić information content (AvgIpc) is 2.87. The van der Waals surface area contributed by atoms with Gasteiger partial charge in [0.2, 0.25) is 5.82 Å². The molecule has 0 fully saturated rings. The lowest BCUT2D eigenvalue weighted by Gasteiger charge is -2.21. The minimum Gasteiger partial charge on any atom is -0.438 e. The van der Waals surface area contributed by atoms with Crippen LogP contribution in [0.25, 0.3) is 11.7 Å². The van der Waals surface area contributed by atoms with Gasteiger partial charge in [-0.05, 0) is 18.6 Å². The van der Waals surface area contributed by atoms with Crippen molar-refractivity contribution >= 4 is 17.3 Å². The van der Waals surface area contributed by atoms with Crippen LogP contribution in [0, 0.1) is 0 Å². The molecule has 0 N–H and O–H groups in total. The first-order valence-corrected chi connectivity index (χ1v) is 7.79. The summed E-state index contributed by atoms with van der Waals surface area (Å²) >= 11 is 6.05. The monoisotopic (exact) mass is 327 g/mol. The van der Waals surface area contributed by atoms with E-state index in [1.165, 1.54) is 0 Å². The molecule has 0 saturated carbocycles. The Morgan fingerprint density at radius 3 is 2.87 bits per heavy atom. The van der Waals surface area contributed by atoms with Crippen LogP contribution in [0.5, 0.6) is 0 Å². The highest BCUT2D eigenvalue weighted by molar-refractivity contribution is 6.30. The maximum atomic E-state index is 6.05. The van der Waals surface area contributed by atoms with Crippen molar-refractivity contribution in [2.24, 2.45) is 0 Å². The van der Waals surface area contributed by atoms with Gasteiger partial charge in [0, 0.05) is 31.6 Å². The molecule has 3 aromatic rings. The lowest BCUT2D eigenvalue weighted by molar-refractivity contribution is 0.509. The Balaban J connectivity index is 1.65. The number of fused-ring (bicyclic) bond motifs is 1. The van der Waals surface area contributed by atoms with Gasteiger partial charge in [-0.25, -0.2) is 15.0 Å². The van der Waals surface area contributed by atoms with Gasteiger partial charge in [-0.3, -0.25) is 4.98 Å². The van der Waals surface area contributed by atoms with Crippen LogP contribution in [-0.4, -0.2) is 26.5 Å². The summed E-state index contributed by atoms with van der Waals surface area (Å²) in [6, 6.07) is 3.69. The van der Waals surface area contributed by atoms with Gasteiger partial charge in [0.15, 0.2) is 0 Å². The maximum Gasteiger partial charge on any atom is 0.265 e. The highest BCUT2D eigenvalue weighted by Gasteiger charge is 2.22. The summed E-state index contributed by atoms with van der Waals surface area (Å²) < 4.78 is 5.88. The first-order valence-electron chi connectivity index (χ1n) is 7.41. The van der Waals surface area contributed by atoms with E-state index in [9.17, 15) is 0 Å². The quantitative estimate of drug-likeness (QED) is 0.720. The van der Waals surface area contributed by atoms with Crippen LogP contribution < -0.4 is 4.90 Å².